The summed E-state index contributed by atoms with van der Waals surface area (Å²) in [7, 11) is 0. The molecule has 3 aromatic heterocycles. The van der Waals surface area contributed by atoms with Crippen LogP contribution in [0.1, 0.15) is 48.6 Å². The van der Waals surface area contributed by atoms with Gasteiger partial charge < -0.3 is 14.2 Å². The first-order valence-corrected chi connectivity index (χ1v) is 28.5. The number of para-hydroxylation sites is 3. The minimum atomic E-state index is -0.495. The Kier molecular flexibility index (Phi) is 10.7. The molecule has 5 heteroatoms. The van der Waals surface area contributed by atoms with Crippen LogP contribution in [0.5, 0.6) is 11.5 Å². The normalized spacial score (nSPS) is 13.3. The number of pyridine rings is 1. The van der Waals surface area contributed by atoms with Crippen LogP contribution in [-0.2, 0) is 17.5 Å². The first kappa shape index (κ1) is 47.7. The summed E-state index contributed by atoms with van der Waals surface area (Å²) in [6, 6.07) is 98.1. The van der Waals surface area contributed by atoms with E-state index in [1.807, 2.05) is 6.20 Å². The molecule has 0 N–H and O–H groups in total. The number of ether oxygens (including phenoxy) is 1. The molecule has 14 aromatic rings. The Hall–Kier alpha value is -10.2. The molecule has 0 saturated heterocycles. The fourth-order valence-electron chi connectivity index (χ4n) is 13.9. The van der Waals surface area contributed by atoms with Gasteiger partial charge in [-0.1, -0.05) is 221 Å². The van der Waals surface area contributed by atoms with Crippen molar-refractivity contribution in [3.8, 4) is 39.6 Å². The molecule has 11 aromatic carbocycles. The zero-order valence-electron chi connectivity index (χ0n) is 45.9. The summed E-state index contributed by atoms with van der Waals surface area (Å²) in [5.74, 6) is 2.40. The fourth-order valence-corrected chi connectivity index (χ4v) is 13.9. The predicted octanol–water partition coefficient (Wildman–Crippen LogP) is 19.9. The minimum Gasteiger partial charge on any atom is -0.457 e. The lowest BCUT2D eigenvalue weighted by atomic mass is 9.67. The summed E-state index contributed by atoms with van der Waals surface area (Å²) in [5.41, 5.74) is 17.3. The van der Waals surface area contributed by atoms with Crippen molar-refractivity contribution in [2.24, 2.45) is 0 Å². The van der Waals surface area contributed by atoms with Crippen LogP contribution >= 0.6 is 0 Å². The van der Waals surface area contributed by atoms with Crippen molar-refractivity contribution in [3.63, 3.8) is 0 Å². The zero-order valence-corrected chi connectivity index (χ0v) is 45.9. The highest BCUT2D eigenvalue weighted by molar-refractivity contribution is 6.22. The number of benzene rings is 11. The molecule has 0 spiro atoms. The van der Waals surface area contributed by atoms with Crippen LogP contribution in [0.25, 0.3) is 93.2 Å². The average Bonchev–Trinajstić information content (AvgIpc) is 3.83. The quantitative estimate of drug-likeness (QED) is 0.160. The zero-order chi connectivity index (χ0) is 54.7. The summed E-state index contributed by atoms with van der Waals surface area (Å²) in [6.07, 6.45) is 1.93. The maximum atomic E-state index is 6.96. The van der Waals surface area contributed by atoms with E-state index in [4.69, 9.17) is 9.72 Å². The van der Waals surface area contributed by atoms with Crippen molar-refractivity contribution in [2.45, 2.75) is 38.3 Å². The fraction of sp³-hybridized carbons (Fsp3) is 0.0779. The van der Waals surface area contributed by atoms with Gasteiger partial charge in [-0.2, -0.15) is 0 Å². The molecule has 0 fully saturated rings. The summed E-state index contributed by atoms with van der Waals surface area (Å²) in [6.45, 7) is 7.31. The van der Waals surface area contributed by atoms with Gasteiger partial charge in [0.2, 0.25) is 0 Å². The van der Waals surface area contributed by atoms with Gasteiger partial charge in [-0.3, -0.25) is 4.57 Å². The monoisotopic (exact) mass is 1050 g/mol. The Morgan fingerprint density at radius 1 is 0.415 bits per heavy atom. The van der Waals surface area contributed by atoms with Crippen LogP contribution in [0, 0.1) is 0 Å². The summed E-state index contributed by atoms with van der Waals surface area (Å²) < 4.78 is 11.8. The molecule has 2 aliphatic rings. The van der Waals surface area contributed by atoms with E-state index in [0.29, 0.717) is 6.67 Å². The minimum absolute atomic E-state index is 0.0305. The van der Waals surface area contributed by atoms with Gasteiger partial charge in [0.25, 0.3) is 0 Å². The number of hydrogen-bond donors (Lipinski definition) is 0. The molecule has 16 rings (SSSR count). The van der Waals surface area contributed by atoms with Gasteiger partial charge in [-0.25, -0.2) is 4.98 Å². The van der Waals surface area contributed by atoms with Crippen LogP contribution in [-0.4, -0.2) is 14.1 Å². The molecule has 0 saturated carbocycles. The van der Waals surface area contributed by atoms with Gasteiger partial charge in [-0.15, -0.1) is 0 Å². The maximum Gasteiger partial charge on any atom is 0.137 e. The topological polar surface area (TPSA) is 35.2 Å². The highest BCUT2D eigenvalue weighted by Gasteiger charge is 2.46. The second-order valence-corrected chi connectivity index (χ2v) is 23.0. The van der Waals surface area contributed by atoms with Crippen molar-refractivity contribution in [1.29, 1.82) is 0 Å². The highest BCUT2D eigenvalue weighted by Crippen LogP contribution is 2.57. The molecule has 5 nitrogen and oxygen atoms in total. The van der Waals surface area contributed by atoms with Crippen molar-refractivity contribution >= 4 is 76.5 Å². The van der Waals surface area contributed by atoms with Gasteiger partial charge in [0.1, 0.15) is 24.0 Å². The Morgan fingerprint density at radius 3 is 1.72 bits per heavy atom. The number of rotatable bonds is 7. The molecule has 1 aliphatic heterocycles. The molecule has 1 aliphatic carbocycles. The van der Waals surface area contributed by atoms with Gasteiger partial charge in [0.05, 0.1) is 33.2 Å². The summed E-state index contributed by atoms with van der Waals surface area (Å²) in [5, 5.41) is 9.51. The van der Waals surface area contributed by atoms with Crippen LogP contribution in [0.4, 0.5) is 11.4 Å². The van der Waals surface area contributed by atoms with Crippen LogP contribution in [0.2, 0.25) is 0 Å². The largest absolute Gasteiger partial charge is 0.457 e. The van der Waals surface area contributed by atoms with Gasteiger partial charge in [0.15, 0.2) is 0 Å². The van der Waals surface area contributed by atoms with E-state index >= 15 is 0 Å². The van der Waals surface area contributed by atoms with E-state index < -0.39 is 5.41 Å². The lowest BCUT2D eigenvalue weighted by molar-refractivity contribution is 0.483. The van der Waals surface area contributed by atoms with Crippen LogP contribution in [0.15, 0.2) is 273 Å². The molecular weight excluding hydrogens is 997 g/mol. The first-order chi connectivity index (χ1) is 40.3. The lowest BCUT2D eigenvalue weighted by Gasteiger charge is -2.33. The van der Waals surface area contributed by atoms with E-state index in [2.05, 4.69) is 302 Å². The number of anilines is 2. The smallest absolute Gasteiger partial charge is 0.137 e. The molecule has 0 amide bonds. The third-order valence-corrected chi connectivity index (χ3v) is 17.5. The number of hydrogen-bond acceptors (Lipinski definition) is 3. The maximum absolute atomic E-state index is 6.96. The van der Waals surface area contributed by atoms with Crippen molar-refractivity contribution in [2.75, 3.05) is 4.90 Å². The molecule has 0 radical (unpaired) electrons. The third-order valence-electron chi connectivity index (χ3n) is 17.5. The standard InChI is InChI=1S/C77H56N4O/c1-76(2,3)53-43-44-78-73(46-53)81-70-37-17-15-32-63(70)64-41-40-56(48-72(64)81)82-55-26-18-25-54(47-55)79-49-80-74-57(33-19-34-65(74)60-29-12-10-27-58(60)59-28-11-13-30-61(59)66-35-20-38-71(79)75(66)80)50-39-42-69-67(45-50)62-31-14-16-36-68(62)77(69,51-21-6-4-7-22-51)52-23-8-5-9-24-52/h4-48H,49H2,1-3H3. The molecule has 4 heterocycles. The van der Waals surface area contributed by atoms with E-state index in [0.717, 1.165) is 50.7 Å². The van der Waals surface area contributed by atoms with E-state index in [9.17, 15) is 0 Å². The van der Waals surface area contributed by atoms with Crippen molar-refractivity contribution < 1.29 is 4.74 Å². The Balaban J connectivity index is 0.886. The number of fused-ring (bicyclic) bond motifs is 13. The molecule has 0 atom stereocenters. The summed E-state index contributed by atoms with van der Waals surface area (Å²) >= 11 is 0. The van der Waals surface area contributed by atoms with Crippen LogP contribution in [0.3, 0.4) is 0 Å². The second kappa shape index (κ2) is 18.4. The van der Waals surface area contributed by atoms with E-state index in [1.54, 1.807) is 0 Å². The van der Waals surface area contributed by atoms with E-state index in [1.165, 1.54) is 93.2 Å². The molecular formula is C77H56N4O. The molecule has 390 valence electrons. The van der Waals surface area contributed by atoms with Crippen molar-refractivity contribution in [1.82, 2.24) is 14.1 Å². The number of nitrogens with zero attached hydrogens (tertiary/aromatic N) is 4. The number of aromatic nitrogens is 3. The molecule has 82 heavy (non-hydrogen) atoms. The van der Waals surface area contributed by atoms with Crippen molar-refractivity contribution in [3.05, 3.63) is 301 Å². The predicted molar refractivity (Wildman–Crippen MR) is 341 cm³/mol. The van der Waals surface area contributed by atoms with Gasteiger partial charge in [0, 0.05) is 51.1 Å². The Bertz CT molecular complexity index is 4950. The first-order valence-electron chi connectivity index (χ1n) is 28.5. The Morgan fingerprint density at radius 2 is 0.988 bits per heavy atom. The van der Waals surface area contributed by atoms with Crippen LogP contribution < -0.4 is 9.64 Å². The highest BCUT2D eigenvalue weighted by atomic mass is 16.5. The third kappa shape index (κ3) is 7.22. The second-order valence-electron chi connectivity index (χ2n) is 23.0. The lowest BCUT2D eigenvalue weighted by Crippen LogP contribution is -2.28. The van der Waals surface area contributed by atoms with Gasteiger partial charge >= 0.3 is 0 Å². The SMILES string of the molecule is CC(C)(C)c1ccnc(-n2c3ccccc3c3ccc(Oc4cccc(N5Cn6c7c(-c8ccc9c(c8)-c8ccccc8C9(c8ccccc8)c8ccccc8)cccc7c7ccccc7c7ccccc7c7cccc5c76)c4)cc32)c1. The molecule has 0 unspecified atom stereocenters. The van der Waals surface area contributed by atoms with E-state index in [-0.39, 0.29) is 5.41 Å². The molecule has 0 bridgehead atoms. The Labute approximate surface area is 476 Å². The average molecular weight is 1050 g/mol. The summed E-state index contributed by atoms with van der Waals surface area (Å²) in [4.78, 5) is 7.41. The van der Waals surface area contributed by atoms with Gasteiger partial charge in [-0.05, 0) is 126 Å².